The van der Waals surface area contributed by atoms with Crippen molar-refractivity contribution in [1.82, 2.24) is 14.6 Å². The van der Waals surface area contributed by atoms with Crippen LogP contribution in [0.2, 0.25) is 0 Å². The summed E-state index contributed by atoms with van der Waals surface area (Å²) in [7, 11) is 0.327. The van der Waals surface area contributed by atoms with Crippen LogP contribution in [0.4, 0.5) is 0 Å². The first-order valence-corrected chi connectivity index (χ1v) is 11.9. The molecule has 166 valence electrons. The Kier molecular flexibility index (Phi) is 7.59. The molecule has 7 heteroatoms. The Morgan fingerprint density at radius 2 is 1.84 bits per heavy atom. The average molecular weight is 460 g/mol. The second kappa shape index (κ2) is 10.0. The number of sulfonamides is 1. The van der Waals surface area contributed by atoms with Gasteiger partial charge in [-0.2, -0.15) is 0 Å². The highest BCUT2D eigenvalue weighted by Gasteiger charge is 2.29. The van der Waals surface area contributed by atoms with E-state index in [2.05, 4.69) is 46.4 Å². The third kappa shape index (κ3) is 5.39. The van der Waals surface area contributed by atoms with Gasteiger partial charge in [0.2, 0.25) is 10.0 Å². The molecular formula is C24H30ClN3O2S. The first kappa shape index (κ1) is 23.5. The highest BCUT2D eigenvalue weighted by atomic mass is 35.5. The van der Waals surface area contributed by atoms with Gasteiger partial charge in [0.15, 0.2) is 0 Å². The lowest BCUT2D eigenvalue weighted by Crippen LogP contribution is -2.37. The van der Waals surface area contributed by atoms with E-state index in [9.17, 15) is 8.42 Å². The van der Waals surface area contributed by atoms with Crippen molar-refractivity contribution < 1.29 is 8.42 Å². The fourth-order valence-corrected chi connectivity index (χ4v) is 5.49. The van der Waals surface area contributed by atoms with Crippen LogP contribution in [0, 0.1) is 0 Å². The van der Waals surface area contributed by atoms with Crippen molar-refractivity contribution >= 4 is 22.4 Å². The SMILES string of the molecule is CNC1CCc2ccc(CNS(=O)(=O)c3ccn(C)c3)cc2C1Cc1ccccc1.Cl. The van der Waals surface area contributed by atoms with Crippen LogP contribution >= 0.6 is 12.4 Å². The number of nitrogens with zero attached hydrogens (tertiary/aromatic N) is 1. The van der Waals surface area contributed by atoms with Crippen LogP contribution in [0.3, 0.4) is 0 Å². The lowest BCUT2D eigenvalue weighted by molar-refractivity contribution is 0.409. The van der Waals surface area contributed by atoms with E-state index in [-0.39, 0.29) is 19.0 Å². The number of halogens is 1. The fraction of sp³-hybridized carbons (Fsp3) is 0.333. The largest absolute Gasteiger partial charge is 0.356 e. The van der Waals surface area contributed by atoms with Gasteiger partial charge in [-0.3, -0.25) is 0 Å². The standard InChI is InChI=1S/C24H29N3O2S.ClH/c1-25-24-11-10-20-9-8-19(16-26-30(28,29)21-12-13-27(2)17-21)15-22(20)23(24)14-18-6-4-3-5-7-18;/h3-9,12-13,15,17,23-26H,10-11,14,16H2,1-2H3;1H. The Bertz CT molecular complexity index is 1110. The van der Waals surface area contributed by atoms with E-state index in [0.29, 0.717) is 16.9 Å². The minimum absolute atomic E-state index is 0. The van der Waals surface area contributed by atoms with Gasteiger partial charge >= 0.3 is 0 Å². The molecule has 0 spiro atoms. The zero-order valence-electron chi connectivity index (χ0n) is 17.9. The van der Waals surface area contributed by atoms with E-state index in [4.69, 9.17) is 0 Å². The van der Waals surface area contributed by atoms with Gasteiger partial charge in [0.1, 0.15) is 0 Å². The summed E-state index contributed by atoms with van der Waals surface area (Å²) >= 11 is 0. The Labute approximate surface area is 191 Å². The number of likely N-dealkylation sites (N-methyl/N-ethyl adjacent to an activating group) is 1. The number of benzene rings is 2. The molecule has 1 aliphatic carbocycles. The predicted octanol–water partition coefficient (Wildman–Crippen LogP) is 3.79. The molecule has 0 fully saturated rings. The molecule has 1 aromatic heterocycles. The smallest absolute Gasteiger partial charge is 0.242 e. The van der Waals surface area contributed by atoms with Crippen molar-refractivity contribution in [2.45, 2.75) is 42.7 Å². The van der Waals surface area contributed by atoms with Crippen LogP contribution < -0.4 is 10.0 Å². The van der Waals surface area contributed by atoms with Crippen molar-refractivity contribution in [2.75, 3.05) is 7.05 Å². The molecule has 5 nitrogen and oxygen atoms in total. The fourth-order valence-electron chi connectivity index (χ4n) is 4.42. The number of hydrogen-bond acceptors (Lipinski definition) is 3. The maximum absolute atomic E-state index is 12.6. The van der Waals surface area contributed by atoms with Gasteiger partial charge in [0, 0.05) is 37.9 Å². The van der Waals surface area contributed by atoms with Crippen molar-refractivity contribution in [3.8, 4) is 0 Å². The molecular weight excluding hydrogens is 430 g/mol. The van der Waals surface area contributed by atoms with Crippen LogP contribution in [-0.2, 0) is 36.5 Å². The molecule has 0 aliphatic heterocycles. The lowest BCUT2D eigenvalue weighted by Gasteiger charge is -2.34. The monoisotopic (exact) mass is 459 g/mol. The summed E-state index contributed by atoms with van der Waals surface area (Å²) < 4.78 is 29.6. The van der Waals surface area contributed by atoms with E-state index >= 15 is 0 Å². The van der Waals surface area contributed by atoms with Crippen molar-refractivity contribution in [2.24, 2.45) is 7.05 Å². The maximum atomic E-state index is 12.6. The maximum Gasteiger partial charge on any atom is 0.242 e. The van der Waals surface area contributed by atoms with Gasteiger partial charge in [-0.25, -0.2) is 13.1 Å². The zero-order chi connectivity index (χ0) is 21.1. The second-order valence-electron chi connectivity index (χ2n) is 8.10. The van der Waals surface area contributed by atoms with Crippen LogP contribution in [0.1, 0.15) is 34.6 Å². The van der Waals surface area contributed by atoms with E-state index < -0.39 is 10.0 Å². The van der Waals surface area contributed by atoms with Gasteiger partial charge in [-0.15, -0.1) is 12.4 Å². The molecule has 2 aromatic carbocycles. The number of fused-ring (bicyclic) bond motifs is 1. The molecule has 31 heavy (non-hydrogen) atoms. The van der Waals surface area contributed by atoms with Gasteiger partial charge in [-0.1, -0.05) is 48.5 Å². The molecule has 1 aliphatic rings. The molecule has 2 atom stereocenters. The highest BCUT2D eigenvalue weighted by molar-refractivity contribution is 7.89. The first-order chi connectivity index (χ1) is 14.5. The second-order valence-corrected chi connectivity index (χ2v) is 9.87. The topological polar surface area (TPSA) is 63.1 Å². The highest BCUT2D eigenvalue weighted by Crippen LogP contribution is 2.35. The molecule has 4 rings (SSSR count). The van der Waals surface area contributed by atoms with Gasteiger partial charge in [0.25, 0.3) is 0 Å². The molecule has 0 saturated heterocycles. The molecule has 0 bridgehead atoms. The van der Waals surface area contributed by atoms with Crippen LogP contribution in [0.5, 0.6) is 0 Å². The van der Waals surface area contributed by atoms with Crippen LogP contribution in [-0.4, -0.2) is 26.1 Å². The quantitative estimate of drug-likeness (QED) is 0.565. The van der Waals surface area contributed by atoms with Gasteiger partial charge < -0.3 is 9.88 Å². The molecule has 0 saturated carbocycles. The number of aromatic nitrogens is 1. The zero-order valence-corrected chi connectivity index (χ0v) is 19.5. The third-order valence-corrected chi connectivity index (χ3v) is 7.46. The molecule has 1 heterocycles. The Hall–Kier alpha value is -2.12. The normalized spacial score (nSPS) is 18.3. The molecule has 0 amide bonds. The summed E-state index contributed by atoms with van der Waals surface area (Å²) in [5, 5.41) is 3.50. The number of aryl methyl sites for hydroxylation is 2. The van der Waals surface area contributed by atoms with E-state index in [0.717, 1.165) is 24.8 Å². The lowest BCUT2D eigenvalue weighted by atomic mass is 9.75. The molecule has 0 radical (unpaired) electrons. The van der Waals surface area contributed by atoms with E-state index in [1.165, 1.54) is 16.7 Å². The average Bonchev–Trinajstić information content (AvgIpc) is 3.21. The summed E-state index contributed by atoms with van der Waals surface area (Å²) in [5.41, 5.74) is 5.02. The van der Waals surface area contributed by atoms with Gasteiger partial charge in [-0.05, 0) is 54.6 Å². The number of nitrogens with one attached hydrogen (secondary N) is 2. The Balaban J connectivity index is 0.00000272. The van der Waals surface area contributed by atoms with Crippen molar-refractivity contribution in [3.63, 3.8) is 0 Å². The number of rotatable bonds is 7. The molecule has 3 aromatic rings. The van der Waals surface area contributed by atoms with Crippen molar-refractivity contribution in [1.29, 1.82) is 0 Å². The minimum Gasteiger partial charge on any atom is -0.356 e. The molecule has 2 N–H and O–H groups in total. The van der Waals surface area contributed by atoms with E-state index in [1.54, 1.807) is 23.0 Å². The summed E-state index contributed by atoms with van der Waals surface area (Å²) in [6, 6.07) is 19.0. The summed E-state index contributed by atoms with van der Waals surface area (Å²) in [6.45, 7) is 0.285. The first-order valence-electron chi connectivity index (χ1n) is 10.4. The summed E-state index contributed by atoms with van der Waals surface area (Å²) in [4.78, 5) is 0.292. The third-order valence-electron chi connectivity index (χ3n) is 6.07. The Morgan fingerprint density at radius 3 is 2.52 bits per heavy atom. The van der Waals surface area contributed by atoms with Crippen molar-refractivity contribution in [3.05, 3.63) is 89.2 Å². The predicted molar refractivity (Wildman–Crippen MR) is 127 cm³/mol. The summed E-state index contributed by atoms with van der Waals surface area (Å²) in [6.07, 6.45) is 6.48. The summed E-state index contributed by atoms with van der Waals surface area (Å²) in [5.74, 6) is 0.367. The minimum atomic E-state index is -3.52. The number of hydrogen-bond donors (Lipinski definition) is 2. The van der Waals surface area contributed by atoms with Crippen LogP contribution in [0.15, 0.2) is 71.9 Å². The van der Waals surface area contributed by atoms with Crippen LogP contribution in [0.25, 0.3) is 0 Å². The Morgan fingerprint density at radius 1 is 1.06 bits per heavy atom. The van der Waals surface area contributed by atoms with E-state index in [1.807, 2.05) is 26.2 Å². The molecule has 2 unspecified atom stereocenters. The van der Waals surface area contributed by atoms with Gasteiger partial charge in [0.05, 0.1) is 4.90 Å².